The maximum atomic E-state index is 13.0. The van der Waals surface area contributed by atoms with Gasteiger partial charge in [0.05, 0.1) is 5.02 Å². The van der Waals surface area contributed by atoms with Gasteiger partial charge in [-0.2, -0.15) is 0 Å². The molecule has 1 saturated carbocycles. The van der Waals surface area contributed by atoms with Gasteiger partial charge in [-0.3, -0.25) is 4.79 Å². The molecule has 1 aromatic carbocycles. The Hall–Kier alpha value is -0.610. The minimum Gasteiger partial charge on any atom is -0.352 e. The Bertz CT molecular complexity index is 469. The second-order valence-electron chi connectivity index (χ2n) is 4.97. The van der Waals surface area contributed by atoms with E-state index in [0.29, 0.717) is 22.9 Å². The lowest BCUT2D eigenvalue weighted by atomic mass is 9.89. The van der Waals surface area contributed by atoms with Crippen molar-refractivity contribution >= 4 is 33.4 Å². The van der Waals surface area contributed by atoms with Crippen molar-refractivity contribution in [2.75, 3.05) is 6.54 Å². The topological polar surface area (TPSA) is 29.1 Å². The second kappa shape index (κ2) is 6.71. The number of hydrogen-bond acceptors (Lipinski definition) is 1. The average molecular weight is 349 g/mol. The van der Waals surface area contributed by atoms with Crippen LogP contribution in [0, 0.1) is 11.7 Å². The van der Waals surface area contributed by atoms with Crippen LogP contribution in [-0.4, -0.2) is 17.3 Å². The second-order valence-corrected chi connectivity index (χ2v) is 6.67. The molecule has 0 radical (unpaired) electrons. The minimum atomic E-state index is -0.507. The molecule has 5 heteroatoms. The molecule has 1 fully saturated rings. The van der Waals surface area contributed by atoms with Gasteiger partial charge in [0.15, 0.2) is 0 Å². The highest BCUT2D eigenvalue weighted by atomic mass is 79.9. The third kappa shape index (κ3) is 4.18. The van der Waals surface area contributed by atoms with E-state index in [1.54, 1.807) is 0 Å². The quantitative estimate of drug-likeness (QED) is 0.816. The van der Waals surface area contributed by atoms with E-state index in [4.69, 9.17) is 11.6 Å². The molecule has 19 heavy (non-hydrogen) atoms. The largest absolute Gasteiger partial charge is 0.352 e. The maximum Gasteiger partial charge on any atom is 0.251 e. The molecule has 104 valence electrons. The van der Waals surface area contributed by atoms with Crippen LogP contribution in [0.1, 0.15) is 36.0 Å². The summed E-state index contributed by atoms with van der Waals surface area (Å²) in [5.41, 5.74) is 0.401. The van der Waals surface area contributed by atoms with Crippen LogP contribution in [-0.2, 0) is 0 Å². The first-order valence-corrected chi connectivity index (χ1v) is 7.73. The Morgan fingerprint density at radius 3 is 2.95 bits per heavy atom. The summed E-state index contributed by atoms with van der Waals surface area (Å²) < 4.78 is 13.0. The van der Waals surface area contributed by atoms with Gasteiger partial charge >= 0.3 is 0 Å². The predicted molar refractivity (Wildman–Crippen MR) is 78.4 cm³/mol. The van der Waals surface area contributed by atoms with E-state index in [2.05, 4.69) is 21.2 Å². The fourth-order valence-electron chi connectivity index (χ4n) is 2.39. The van der Waals surface area contributed by atoms with E-state index in [-0.39, 0.29) is 10.9 Å². The molecule has 0 aliphatic heterocycles. The zero-order valence-corrected chi connectivity index (χ0v) is 12.8. The third-order valence-electron chi connectivity index (χ3n) is 3.45. The standard InChI is InChI=1S/C14H16BrClFNO/c15-11-3-1-2-9(6-11)8-18-14(19)10-4-5-13(17)12(16)7-10/h4-5,7,9,11H,1-3,6,8H2,(H,18,19). The van der Waals surface area contributed by atoms with Crippen LogP contribution in [0.5, 0.6) is 0 Å². The average Bonchev–Trinajstić information content (AvgIpc) is 2.39. The molecule has 1 aliphatic carbocycles. The van der Waals surface area contributed by atoms with Gasteiger partial charge in [0, 0.05) is 16.9 Å². The highest BCUT2D eigenvalue weighted by Crippen LogP contribution is 2.28. The Balaban J connectivity index is 1.88. The van der Waals surface area contributed by atoms with Crippen molar-refractivity contribution in [2.45, 2.75) is 30.5 Å². The van der Waals surface area contributed by atoms with Gasteiger partial charge in [0.1, 0.15) is 5.82 Å². The van der Waals surface area contributed by atoms with Crippen LogP contribution < -0.4 is 5.32 Å². The van der Waals surface area contributed by atoms with E-state index in [0.717, 1.165) is 12.8 Å². The first kappa shape index (κ1) is 14.8. The van der Waals surface area contributed by atoms with Gasteiger partial charge in [-0.25, -0.2) is 4.39 Å². The maximum absolute atomic E-state index is 13.0. The molecule has 0 spiro atoms. The van der Waals surface area contributed by atoms with Gasteiger partial charge in [-0.1, -0.05) is 34.0 Å². The zero-order chi connectivity index (χ0) is 13.8. The molecule has 0 aromatic heterocycles. The van der Waals surface area contributed by atoms with Crippen molar-refractivity contribution in [3.63, 3.8) is 0 Å². The van der Waals surface area contributed by atoms with Crippen molar-refractivity contribution in [3.05, 3.63) is 34.6 Å². The van der Waals surface area contributed by atoms with Crippen molar-refractivity contribution in [2.24, 2.45) is 5.92 Å². The summed E-state index contributed by atoms with van der Waals surface area (Å²) in [6.45, 7) is 0.663. The summed E-state index contributed by atoms with van der Waals surface area (Å²) in [6, 6.07) is 4.03. The van der Waals surface area contributed by atoms with E-state index < -0.39 is 5.82 Å². The van der Waals surface area contributed by atoms with E-state index >= 15 is 0 Å². The Labute approximate surface area is 125 Å². The Morgan fingerprint density at radius 1 is 1.47 bits per heavy atom. The van der Waals surface area contributed by atoms with Gasteiger partial charge < -0.3 is 5.32 Å². The fraction of sp³-hybridized carbons (Fsp3) is 0.500. The number of carbonyl (C=O) groups is 1. The van der Waals surface area contributed by atoms with Crippen LogP contribution in [0.15, 0.2) is 18.2 Å². The number of amides is 1. The van der Waals surface area contributed by atoms with E-state index in [9.17, 15) is 9.18 Å². The van der Waals surface area contributed by atoms with Crippen LogP contribution in [0.3, 0.4) is 0 Å². The SMILES string of the molecule is O=C(NCC1CCCC(Br)C1)c1ccc(F)c(Cl)c1. The summed E-state index contributed by atoms with van der Waals surface area (Å²) in [6.07, 6.45) is 4.63. The summed E-state index contributed by atoms with van der Waals surface area (Å²) in [7, 11) is 0. The number of nitrogens with one attached hydrogen (secondary N) is 1. The molecular formula is C14H16BrClFNO. The first-order chi connectivity index (χ1) is 9.06. The highest BCUT2D eigenvalue weighted by Gasteiger charge is 2.20. The molecule has 0 saturated heterocycles. The first-order valence-electron chi connectivity index (χ1n) is 6.43. The molecule has 0 heterocycles. The van der Waals surface area contributed by atoms with Crippen LogP contribution in [0.4, 0.5) is 4.39 Å². The third-order valence-corrected chi connectivity index (χ3v) is 4.57. The molecule has 1 N–H and O–H groups in total. The smallest absolute Gasteiger partial charge is 0.251 e. The van der Waals surface area contributed by atoms with Gasteiger partial charge in [0.25, 0.3) is 5.91 Å². The number of benzene rings is 1. The molecule has 2 nitrogen and oxygen atoms in total. The number of rotatable bonds is 3. The molecule has 1 aliphatic rings. The van der Waals surface area contributed by atoms with E-state index in [1.165, 1.54) is 31.0 Å². The number of halogens is 3. The van der Waals surface area contributed by atoms with Crippen molar-refractivity contribution in [1.29, 1.82) is 0 Å². The zero-order valence-electron chi connectivity index (χ0n) is 10.5. The fourth-order valence-corrected chi connectivity index (χ4v) is 3.42. The Morgan fingerprint density at radius 2 is 2.26 bits per heavy atom. The van der Waals surface area contributed by atoms with Crippen molar-refractivity contribution in [1.82, 2.24) is 5.32 Å². The summed E-state index contributed by atoms with van der Waals surface area (Å²) in [5.74, 6) is -0.191. The van der Waals surface area contributed by atoms with Crippen molar-refractivity contribution in [3.8, 4) is 0 Å². The van der Waals surface area contributed by atoms with Gasteiger partial charge in [-0.05, 0) is 43.4 Å². The lowest BCUT2D eigenvalue weighted by Gasteiger charge is -2.25. The number of hydrogen-bond donors (Lipinski definition) is 1. The molecule has 2 atom stereocenters. The summed E-state index contributed by atoms with van der Waals surface area (Å²) in [4.78, 5) is 12.5. The molecule has 0 bridgehead atoms. The lowest BCUT2D eigenvalue weighted by Crippen LogP contribution is -2.31. The van der Waals surface area contributed by atoms with Crippen LogP contribution in [0.2, 0.25) is 5.02 Å². The molecular weight excluding hydrogens is 333 g/mol. The summed E-state index contributed by atoms with van der Waals surface area (Å²) >= 11 is 9.29. The monoisotopic (exact) mass is 347 g/mol. The molecule has 1 aromatic rings. The molecule has 2 unspecified atom stereocenters. The van der Waals surface area contributed by atoms with Crippen molar-refractivity contribution < 1.29 is 9.18 Å². The Kier molecular flexibility index (Phi) is 5.22. The minimum absolute atomic E-state index is 0.0224. The summed E-state index contributed by atoms with van der Waals surface area (Å²) in [5, 5.41) is 2.87. The van der Waals surface area contributed by atoms with Crippen LogP contribution >= 0.6 is 27.5 Å². The van der Waals surface area contributed by atoms with E-state index in [1.807, 2.05) is 0 Å². The van der Waals surface area contributed by atoms with Crippen LogP contribution in [0.25, 0.3) is 0 Å². The highest BCUT2D eigenvalue weighted by molar-refractivity contribution is 9.09. The normalized spacial score (nSPS) is 23.1. The molecule has 1 amide bonds. The number of alkyl halides is 1. The lowest BCUT2D eigenvalue weighted by molar-refractivity contribution is 0.0944. The molecule has 2 rings (SSSR count). The van der Waals surface area contributed by atoms with Gasteiger partial charge in [-0.15, -0.1) is 0 Å². The van der Waals surface area contributed by atoms with Gasteiger partial charge in [0.2, 0.25) is 0 Å². The predicted octanol–water partition coefficient (Wildman–Crippen LogP) is 4.16. The number of carbonyl (C=O) groups excluding carboxylic acids is 1.